The minimum absolute atomic E-state index is 0.841. The lowest BCUT2D eigenvalue weighted by atomic mass is 10.2. The summed E-state index contributed by atoms with van der Waals surface area (Å²) < 4.78 is 0. The highest BCUT2D eigenvalue weighted by Crippen LogP contribution is 2.20. The van der Waals surface area contributed by atoms with Crippen LogP contribution in [-0.2, 0) is 6.54 Å². The van der Waals surface area contributed by atoms with Crippen LogP contribution in [0.3, 0.4) is 0 Å². The smallest absolute Gasteiger partial charge is 0.0931 e. The third kappa shape index (κ3) is 2.05. The normalized spacial score (nSPS) is 10.7. The number of H-pyrrole nitrogens is 1. The molecule has 2 aromatic heterocycles. The van der Waals surface area contributed by atoms with Crippen LogP contribution in [-0.4, -0.2) is 22.0 Å². The van der Waals surface area contributed by atoms with Crippen LogP contribution in [0.2, 0.25) is 0 Å². The Kier molecular flexibility index (Phi) is 2.68. The SMILES string of the molecule is CN(Cc1cccnc1)c1ccc2nc[nH]c2c1. The van der Waals surface area contributed by atoms with Crippen LogP contribution >= 0.6 is 0 Å². The lowest BCUT2D eigenvalue weighted by Crippen LogP contribution is -2.16. The van der Waals surface area contributed by atoms with Crippen molar-refractivity contribution in [2.75, 3.05) is 11.9 Å². The Balaban J connectivity index is 1.85. The van der Waals surface area contributed by atoms with Crippen molar-refractivity contribution in [3.05, 3.63) is 54.6 Å². The number of nitrogens with zero attached hydrogens (tertiary/aromatic N) is 3. The quantitative estimate of drug-likeness (QED) is 0.762. The van der Waals surface area contributed by atoms with Crippen molar-refractivity contribution in [3.63, 3.8) is 0 Å². The first-order valence-electron chi connectivity index (χ1n) is 5.86. The van der Waals surface area contributed by atoms with Gasteiger partial charge in [0, 0.05) is 31.7 Å². The van der Waals surface area contributed by atoms with E-state index in [9.17, 15) is 0 Å². The van der Waals surface area contributed by atoms with Crippen LogP contribution < -0.4 is 4.90 Å². The number of hydrogen-bond donors (Lipinski definition) is 1. The molecule has 0 fully saturated rings. The van der Waals surface area contributed by atoms with Crippen molar-refractivity contribution in [3.8, 4) is 0 Å². The van der Waals surface area contributed by atoms with Crippen molar-refractivity contribution < 1.29 is 0 Å². The largest absolute Gasteiger partial charge is 0.370 e. The zero-order chi connectivity index (χ0) is 12.4. The van der Waals surface area contributed by atoms with E-state index in [4.69, 9.17) is 0 Å². The van der Waals surface area contributed by atoms with Crippen molar-refractivity contribution in [2.45, 2.75) is 6.54 Å². The molecular weight excluding hydrogens is 224 g/mol. The van der Waals surface area contributed by atoms with E-state index >= 15 is 0 Å². The molecule has 0 bridgehead atoms. The van der Waals surface area contributed by atoms with Crippen LogP contribution in [0, 0.1) is 0 Å². The van der Waals surface area contributed by atoms with E-state index in [-0.39, 0.29) is 0 Å². The minimum Gasteiger partial charge on any atom is -0.370 e. The van der Waals surface area contributed by atoms with Crippen LogP contribution in [0.4, 0.5) is 5.69 Å². The lowest BCUT2D eigenvalue weighted by Gasteiger charge is -2.19. The number of rotatable bonds is 3. The first-order chi connectivity index (χ1) is 8.83. The predicted molar refractivity (Wildman–Crippen MR) is 72.4 cm³/mol. The average Bonchev–Trinajstić information content (AvgIpc) is 2.87. The third-order valence-electron chi connectivity index (χ3n) is 2.99. The summed E-state index contributed by atoms with van der Waals surface area (Å²) in [5.74, 6) is 0. The highest BCUT2D eigenvalue weighted by molar-refractivity contribution is 5.78. The monoisotopic (exact) mass is 238 g/mol. The summed E-state index contributed by atoms with van der Waals surface area (Å²) in [5, 5.41) is 0. The van der Waals surface area contributed by atoms with Gasteiger partial charge >= 0.3 is 0 Å². The summed E-state index contributed by atoms with van der Waals surface area (Å²) in [6.45, 7) is 0.841. The number of nitrogens with one attached hydrogen (secondary N) is 1. The molecule has 3 rings (SSSR count). The van der Waals surface area contributed by atoms with Gasteiger partial charge in [-0.25, -0.2) is 4.98 Å². The first kappa shape index (κ1) is 10.8. The second-order valence-corrected chi connectivity index (χ2v) is 4.32. The van der Waals surface area contributed by atoms with Gasteiger partial charge in [-0.1, -0.05) is 6.07 Å². The fraction of sp³-hybridized carbons (Fsp3) is 0.143. The standard InChI is InChI=1S/C14H14N4/c1-18(9-11-3-2-6-15-8-11)12-4-5-13-14(7-12)17-10-16-13/h2-8,10H,9H2,1H3,(H,16,17). The van der Waals surface area contributed by atoms with E-state index in [1.807, 2.05) is 18.3 Å². The van der Waals surface area contributed by atoms with Crippen molar-refractivity contribution >= 4 is 16.7 Å². The lowest BCUT2D eigenvalue weighted by molar-refractivity contribution is 0.916. The molecule has 0 spiro atoms. The maximum absolute atomic E-state index is 4.22. The Labute approximate surface area is 105 Å². The van der Waals surface area contributed by atoms with E-state index < -0.39 is 0 Å². The molecule has 0 radical (unpaired) electrons. The summed E-state index contributed by atoms with van der Waals surface area (Å²) in [5.41, 5.74) is 4.42. The number of anilines is 1. The molecule has 90 valence electrons. The maximum Gasteiger partial charge on any atom is 0.0931 e. The van der Waals surface area contributed by atoms with Gasteiger partial charge in [-0.15, -0.1) is 0 Å². The fourth-order valence-electron chi connectivity index (χ4n) is 2.02. The molecule has 0 unspecified atom stereocenters. The number of aromatic nitrogens is 3. The van der Waals surface area contributed by atoms with Gasteiger partial charge in [0.05, 0.1) is 17.4 Å². The average molecular weight is 238 g/mol. The fourth-order valence-corrected chi connectivity index (χ4v) is 2.02. The van der Waals surface area contributed by atoms with Crippen molar-refractivity contribution in [1.29, 1.82) is 0 Å². The Morgan fingerprint density at radius 1 is 1.28 bits per heavy atom. The number of pyridine rings is 1. The Bertz CT molecular complexity index is 645. The van der Waals surface area contributed by atoms with Crippen LogP contribution in [0.5, 0.6) is 0 Å². The van der Waals surface area contributed by atoms with Crippen molar-refractivity contribution in [1.82, 2.24) is 15.0 Å². The molecule has 18 heavy (non-hydrogen) atoms. The van der Waals surface area contributed by atoms with E-state index in [0.29, 0.717) is 0 Å². The molecule has 2 heterocycles. The molecule has 0 aliphatic rings. The van der Waals surface area contributed by atoms with E-state index in [0.717, 1.165) is 23.3 Å². The Morgan fingerprint density at radius 3 is 3.06 bits per heavy atom. The van der Waals surface area contributed by atoms with Gasteiger partial charge in [0.25, 0.3) is 0 Å². The van der Waals surface area contributed by atoms with Crippen LogP contribution in [0.25, 0.3) is 11.0 Å². The summed E-state index contributed by atoms with van der Waals surface area (Å²) in [6.07, 6.45) is 5.40. The molecule has 4 nitrogen and oxygen atoms in total. The zero-order valence-electron chi connectivity index (χ0n) is 10.2. The summed E-state index contributed by atoms with van der Waals surface area (Å²) in [4.78, 5) is 13.7. The van der Waals surface area contributed by atoms with Gasteiger partial charge in [-0.3, -0.25) is 4.98 Å². The van der Waals surface area contributed by atoms with Gasteiger partial charge in [0.15, 0.2) is 0 Å². The molecule has 0 amide bonds. The maximum atomic E-state index is 4.22. The predicted octanol–water partition coefficient (Wildman–Crippen LogP) is 2.59. The van der Waals surface area contributed by atoms with Crippen molar-refractivity contribution in [2.24, 2.45) is 0 Å². The number of aromatic amines is 1. The van der Waals surface area contributed by atoms with Gasteiger partial charge in [0.1, 0.15) is 0 Å². The summed E-state index contributed by atoms with van der Waals surface area (Å²) in [7, 11) is 2.07. The molecule has 0 saturated heterocycles. The molecule has 1 aromatic carbocycles. The van der Waals surface area contributed by atoms with Crippen LogP contribution in [0.15, 0.2) is 49.1 Å². The van der Waals surface area contributed by atoms with E-state index in [1.54, 1.807) is 12.5 Å². The molecule has 3 aromatic rings. The van der Waals surface area contributed by atoms with Gasteiger partial charge in [-0.2, -0.15) is 0 Å². The summed E-state index contributed by atoms with van der Waals surface area (Å²) in [6, 6.07) is 10.3. The Hall–Kier alpha value is -2.36. The number of fused-ring (bicyclic) bond motifs is 1. The van der Waals surface area contributed by atoms with Crippen LogP contribution in [0.1, 0.15) is 5.56 Å². The van der Waals surface area contributed by atoms with Gasteiger partial charge < -0.3 is 9.88 Å². The highest BCUT2D eigenvalue weighted by atomic mass is 15.1. The topological polar surface area (TPSA) is 44.8 Å². The zero-order valence-corrected chi connectivity index (χ0v) is 10.2. The van der Waals surface area contributed by atoms with E-state index in [1.165, 1.54) is 5.56 Å². The molecule has 0 aliphatic heterocycles. The van der Waals surface area contributed by atoms with Gasteiger partial charge in [-0.05, 0) is 29.8 Å². The molecule has 4 heteroatoms. The summed E-state index contributed by atoms with van der Waals surface area (Å²) >= 11 is 0. The molecular formula is C14H14N4. The van der Waals surface area contributed by atoms with Gasteiger partial charge in [0.2, 0.25) is 0 Å². The first-order valence-corrected chi connectivity index (χ1v) is 5.86. The number of hydrogen-bond acceptors (Lipinski definition) is 3. The number of benzene rings is 1. The molecule has 0 saturated carbocycles. The molecule has 0 atom stereocenters. The minimum atomic E-state index is 0.841. The Morgan fingerprint density at radius 2 is 2.22 bits per heavy atom. The second-order valence-electron chi connectivity index (χ2n) is 4.32. The third-order valence-corrected chi connectivity index (χ3v) is 2.99. The molecule has 0 aliphatic carbocycles. The highest BCUT2D eigenvalue weighted by Gasteiger charge is 2.04. The van der Waals surface area contributed by atoms with E-state index in [2.05, 4.69) is 45.1 Å². The molecule has 1 N–H and O–H groups in total. The second kappa shape index (κ2) is 4.49. The number of imidazole rings is 1.